The van der Waals surface area contributed by atoms with Crippen molar-refractivity contribution < 1.29 is 0 Å². The Morgan fingerprint density at radius 2 is 2.05 bits per heavy atom. The lowest BCUT2D eigenvalue weighted by atomic mass is 10.2. The summed E-state index contributed by atoms with van der Waals surface area (Å²) in [5.41, 5.74) is 7.23. The SMILES string of the molecule is CN(CCN)c1cnn(Cc2ccccc2)c(=O)c1. The van der Waals surface area contributed by atoms with Crippen LogP contribution >= 0.6 is 0 Å². The fourth-order valence-electron chi connectivity index (χ4n) is 1.83. The molecule has 0 saturated heterocycles. The maximum atomic E-state index is 12.0. The van der Waals surface area contributed by atoms with Crippen molar-refractivity contribution in [3.63, 3.8) is 0 Å². The van der Waals surface area contributed by atoms with Crippen molar-refractivity contribution in [1.82, 2.24) is 9.78 Å². The summed E-state index contributed by atoms with van der Waals surface area (Å²) in [6, 6.07) is 11.4. The molecule has 2 aromatic rings. The van der Waals surface area contributed by atoms with E-state index in [0.29, 0.717) is 19.6 Å². The van der Waals surface area contributed by atoms with Crippen LogP contribution in [0.3, 0.4) is 0 Å². The van der Waals surface area contributed by atoms with E-state index in [-0.39, 0.29) is 5.56 Å². The summed E-state index contributed by atoms with van der Waals surface area (Å²) < 4.78 is 1.45. The van der Waals surface area contributed by atoms with Gasteiger partial charge in [-0.2, -0.15) is 5.10 Å². The Morgan fingerprint density at radius 1 is 1.32 bits per heavy atom. The first-order chi connectivity index (χ1) is 9.20. The van der Waals surface area contributed by atoms with E-state index in [9.17, 15) is 4.79 Å². The van der Waals surface area contributed by atoms with Crippen LogP contribution in [-0.4, -0.2) is 29.9 Å². The molecule has 5 heteroatoms. The molecule has 1 heterocycles. The molecule has 1 aromatic carbocycles. The predicted molar refractivity (Wildman–Crippen MR) is 76.4 cm³/mol. The number of benzene rings is 1. The van der Waals surface area contributed by atoms with E-state index in [1.807, 2.05) is 42.3 Å². The third kappa shape index (κ3) is 3.42. The first-order valence-corrected chi connectivity index (χ1v) is 6.23. The molecule has 0 spiro atoms. The van der Waals surface area contributed by atoms with Gasteiger partial charge in [0.2, 0.25) is 0 Å². The molecule has 0 bridgehead atoms. The van der Waals surface area contributed by atoms with Crippen LogP contribution in [0.5, 0.6) is 0 Å². The quantitative estimate of drug-likeness (QED) is 0.857. The third-order valence-corrected chi connectivity index (χ3v) is 2.94. The van der Waals surface area contributed by atoms with Crippen LogP contribution in [-0.2, 0) is 6.54 Å². The minimum absolute atomic E-state index is 0.106. The summed E-state index contributed by atoms with van der Waals surface area (Å²) in [6.45, 7) is 1.73. The predicted octanol–water partition coefficient (Wildman–Crippen LogP) is 0.686. The Hall–Kier alpha value is -2.14. The minimum atomic E-state index is -0.106. The Balaban J connectivity index is 2.18. The lowest BCUT2D eigenvalue weighted by Crippen LogP contribution is -2.29. The molecule has 19 heavy (non-hydrogen) atoms. The van der Waals surface area contributed by atoms with Crippen LogP contribution in [0.4, 0.5) is 5.69 Å². The zero-order valence-corrected chi connectivity index (χ0v) is 11.0. The second kappa shape index (κ2) is 6.15. The second-order valence-corrected chi connectivity index (χ2v) is 4.41. The van der Waals surface area contributed by atoms with Crippen LogP contribution in [0, 0.1) is 0 Å². The Morgan fingerprint density at radius 3 is 2.68 bits per heavy atom. The highest BCUT2D eigenvalue weighted by Gasteiger charge is 2.04. The molecule has 2 N–H and O–H groups in total. The highest BCUT2D eigenvalue weighted by atomic mass is 16.1. The van der Waals surface area contributed by atoms with Gasteiger partial charge in [0.15, 0.2) is 0 Å². The molecule has 1 aromatic heterocycles. The van der Waals surface area contributed by atoms with Gasteiger partial charge in [-0.15, -0.1) is 0 Å². The molecule has 5 nitrogen and oxygen atoms in total. The lowest BCUT2D eigenvalue weighted by molar-refractivity contribution is 0.637. The molecule has 0 saturated carbocycles. The monoisotopic (exact) mass is 258 g/mol. The largest absolute Gasteiger partial charge is 0.372 e. The molecule has 2 rings (SSSR count). The zero-order chi connectivity index (χ0) is 13.7. The van der Waals surface area contributed by atoms with Gasteiger partial charge >= 0.3 is 0 Å². The van der Waals surface area contributed by atoms with Gasteiger partial charge in [-0.1, -0.05) is 30.3 Å². The summed E-state index contributed by atoms with van der Waals surface area (Å²) in [7, 11) is 1.89. The summed E-state index contributed by atoms with van der Waals surface area (Å²) in [4.78, 5) is 13.9. The van der Waals surface area contributed by atoms with E-state index in [2.05, 4.69) is 5.10 Å². The average Bonchev–Trinajstić information content (AvgIpc) is 2.42. The Labute approximate surface area is 112 Å². The lowest BCUT2D eigenvalue weighted by Gasteiger charge is -2.17. The van der Waals surface area contributed by atoms with E-state index in [4.69, 9.17) is 5.73 Å². The van der Waals surface area contributed by atoms with Gasteiger partial charge in [0.25, 0.3) is 5.56 Å². The van der Waals surface area contributed by atoms with Crippen molar-refractivity contribution in [2.24, 2.45) is 5.73 Å². The molecule has 0 fully saturated rings. The molecular formula is C14H18N4O. The zero-order valence-electron chi connectivity index (χ0n) is 11.0. The van der Waals surface area contributed by atoms with Crippen LogP contribution < -0.4 is 16.2 Å². The number of hydrogen-bond donors (Lipinski definition) is 1. The van der Waals surface area contributed by atoms with E-state index in [1.54, 1.807) is 12.3 Å². The molecule has 0 amide bonds. The van der Waals surface area contributed by atoms with Gasteiger partial charge in [-0.3, -0.25) is 4.79 Å². The number of hydrogen-bond acceptors (Lipinski definition) is 4. The highest BCUT2D eigenvalue weighted by molar-refractivity contribution is 5.41. The minimum Gasteiger partial charge on any atom is -0.372 e. The van der Waals surface area contributed by atoms with E-state index in [0.717, 1.165) is 11.3 Å². The number of nitrogens with zero attached hydrogens (tertiary/aromatic N) is 3. The summed E-state index contributed by atoms with van der Waals surface area (Å²) in [5.74, 6) is 0. The molecule has 100 valence electrons. The molecule has 0 atom stereocenters. The number of nitrogens with two attached hydrogens (primary N) is 1. The van der Waals surface area contributed by atoms with Gasteiger partial charge in [0.1, 0.15) is 0 Å². The van der Waals surface area contributed by atoms with Gasteiger partial charge in [-0.25, -0.2) is 4.68 Å². The van der Waals surface area contributed by atoms with Crippen molar-refractivity contribution >= 4 is 5.69 Å². The van der Waals surface area contributed by atoms with Crippen LogP contribution in [0.2, 0.25) is 0 Å². The second-order valence-electron chi connectivity index (χ2n) is 4.41. The topological polar surface area (TPSA) is 64.2 Å². The molecule has 0 unspecified atom stereocenters. The number of anilines is 1. The standard InChI is InChI=1S/C14H18N4O/c1-17(8-7-15)13-9-14(19)18(16-10-13)11-12-5-3-2-4-6-12/h2-6,9-10H,7-8,11,15H2,1H3. The van der Waals surface area contributed by atoms with Crippen molar-refractivity contribution in [2.75, 3.05) is 25.0 Å². The molecule has 0 aliphatic heterocycles. The molecule has 0 radical (unpaired) electrons. The molecule has 0 aliphatic carbocycles. The Bertz CT molecular complexity index is 579. The van der Waals surface area contributed by atoms with Crippen LogP contribution in [0.25, 0.3) is 0 Å². The average molecular weight is 258 g/mol. The fourth-order valence-corrected chi connectivity index (χ4v) is 1.83. The van der Waals surface area contributed by atoms with Crippen LogP contribution in [0.15, 0.2) is 47.4 Å². The summed E-state index contributed by atoms with van der Waals surface area (Å²) in [5, 5.41) is 4.20. The maximum absolute atomic E-state index is 12.0. The summed E-state index contributed by atoms with van der Waals surface area (Å²) >= 11 is 0. The van der Waals surface area contributed by atoms with E-state index < -0.39 is 0 Å². The van der Waals surface area contributed by atoms with Gasteiger partial charge < -0.3 is 10.6 Å². The smallest absolute Gasteiger partial charge is 0.269 e. The molecule has 0 aliphatic rings. The van der Waals surface area contributed by atoms with E-state index in [1.165, 1.54) is 4.68 Å². The number of aromatic nitrogens is 2. The molecular weight excluding hydrogens is 240 g/mol. The first kappa shape index (κ1) is 13.3. The van der Waals surface area contributed by atoms with Crippen molar-refractivity contribution in [2.45, 2.75) is 6.54 Å². The third-order valence-electron chi connectivity index (χ3n) is 2.94. The van der Waals surface area contributed by atoms with Crippen molar-refractivity contribution in [1.29, 1.82) is 0 Å². The van der Waals surface area contributed by atoms with Gasteiger partial charge in [0.05, 0.1) is 18.4 Å². The van der Waals surface area contributed by atoms with E-state index >= 15 is 0 Å². The number of likely N-dealkylation sites (N-methyl/N-ethyl adjacent to an activating group) is 1. The fraction of sp³-hybridized carbons (Fsp3) is 0.286. The van der Waals surface area contributed by atoms with Gasteiger partial charge in [0, 0.05) is 26.2 Å². The normalized spacial score (nSPS) is 10.4. The summed E-state index contributed by atoms with van der Waals surface area (Å²) in [6.07, 6.45) is 1.69. The Kier molecular flexibility index (Phi) is 4.30. The van der Waals surface area contributed by atoms with Crippen molar-refractivity contribution in [3.05, 3.63) is 58.5 Å². The first-order valence-electron chi connectivity index (χ1n) is 6.23. The maximum Gasteiger partial charge on any atom is 0.269 e. The van der Waals surface area contributed by atoms with Gasteiger partial charge in [-0.05, 0) is 5.56 Å². The van der Waals surface area contributed by atoms with Crippen molar-refractivity contribution in [3.8, 4) is 0 Å². The van der Waals surface area contributed by atoms with Crippen LogP contribution in [0.1, 0.15) is 5.56 Å². The number of rotatable bonds is 5. The highest BCUT2D eigenvalue weighted by Crippen LogP contribution is 2.06.